The first kappa shape index (κ1) is 17.7. The highest BCUT2D eigenvalue weighted by Gasteiger charge is 2.63. The number of H-pyrrole nitrogens is 1. The minimum Gasteiger partial charge on any atom is -0.369 e. The number of amides is 1. The summed E-state index contributed by atoms with van der Waals surface area (Å²) in [6.07, 6.45) is 4.04. The molecule has 2 aromatic heterocycles. The first-order chi connectivity index (χ1) is 14.7. The molecule has 8 nitrogen and oxygen atoms in total. The lowest BCUT2D eigenvalue weighted by Crippen LogP contribution is -2.42. The Balaban J connectivity index is 1.18. The maximum Gasteiger partial charge on any atom is 0.324 e. The fourth-order valence-electron chi connectivity index (χ4n) is 5.43. The van der Waals surface area contributed by atoms with Crippen molar-refractivity contribution in [3.8, 4) is 11.4 Å². The van der Waals surface area contributed by atoms with Crippen molar-refractivity contribution in [2.45, 2.75) is 24.5 Å². The quantitative estimate of drug-likeness (QED) is 0.677. The van der Waals surface area contributed by atoms with Gasteiger partial charge >= 0.3 is 6.01 Å². The van der Waals surface area contributed by atoms with E-state index in [1.807, 2.05) is 36.4 Å². The number of aromatic nitrogens is 3. The largest absolute Gasteiger partial charge is 0.369 e. The topological polar surface area (TPSA) is 96.3 Å². The summed E-state index contributed by atoms with van der Waals surface area (Å²) in [6, 6.07) is 14.0. The van der Waals surface area contributed by atoms with Crippen molar-refractivity contribution < 1.29 is 14.1 Å². The van der Waals surface area contributed by atoms with Crippen molar-refractivity contribution >= 4 is 11.9 Å². The summed E-state index contributed by atoms with van der Waals surface area (Å²) in [4.78, 5) is 22.1. The Morgan fingerprint density at radius 1 is 1.27 bits per heavy atom. The second kappa shape index (κ2) is 6.70. The van der Waals surface area contributed by atoms with E-state index in [1.54, 1.807) is 12.3 Å². The normalized spacial score (nSPS) is 29.3. The van der Waals surface area contributed by atoms with E-state index in [0.717, 1.165) is 31.5 Å². The monoisotopic (exact) mass is 405 g/mol. The number of fused-ring (bicyclic) bond motifs is 1. The van der Waals surface area contributed by atoms with Gasteiger partial charge in [-0.3, -0.25) is 4.79 Å². The van der Waals surface area contributed by atoms with Gasteiger partial charge in [-0.25, -0.2) is 0 Å². The van der Waals surface area contributed by atoms with E-state index < -0.39 is 0 Å². The predicted molar refractivity (Wildman–Crippen MR) is 109 cm³/mol. The third-order valence-corrected chi connectivity index (χ3v) is 6.84. The lowest BCUT2D eigenvalue weighted by molar-refractivity contribution is 0.0139. The molecule has 154 valence electrons. The Kier molecular flexibility index (Phi) is 3.95. The van der Waals surface area contributed by atoms with E-state index >= 15 is 0 Å². The average molecular weight is 405 g/mol. The summed E-state index contributed by atoms with van der Waals surface area (Å²) in [7, 11) is 0. The Morgan fingerprint density at radius 2 is 2.17 bits per heavy atom. The molecule has 0 saturated carbocycles. The van der Waals surface area contributed by atoms with E-state index in [2.05, 4.69) is 25.3 Å². The maximum absolute atomic E-state index is 12.4. The number of ether oxygens (including phenoxy) is 1. The van der Waals surface area contributed by atoms with Gasteiger partial charge in [0.05, 0.1) is 18.2 Å². The summed E-state index contributed by atoms with van der Waals surface area (Å²) in [6.45, 7) is 2.17. The molecule has 3 aliphatic heterocycles. The Labute approximate surface area is 173 Å². The van der Waals surface area contributed by atoms with Crippen LogP contribution >= 0.6 is 0 Å². The zero-order valence-electron chi connectivity index (χ0n) is 16.5. The van der Waals surface area contributed by atoms with Crippen molar-refractivity contribution in [1.29, 1.82) is 0 Å². The number of hydrogen-bond donors (Lipinski definition) is 2. The standard InChI is InChI=1S/C22H23N5O3/c28-20(17-7-4-10-23-17)24-11-15-16-12-27(13-22(16)9-8-18(15)29-22)21-25-19(26-30-21)14-5-2-1-3-6-14/h1-7,10,15-16,18,23H,8-9,11-13H2,(H,24,28)/t15-,16+,18+,22+/m0/s1. The van der Waals surface area contributed by atoms with Crippen LogP contribution in [0.3, 0.4) is 0 Å². The van der Waals surface area contributed by atoms with Crippen LogP contribution < -0.4 is 10.2 Å². The molecule has 0 unspecified atom stereocenters. The van der Waals surface area contributed by atoms with Crippen LogP contribution in [0.25, 0.3) is 11.4 Å². The minimum atomic E-state index is -0.173. The van der Waals surface area contributed by atoms with Gasteiger partial charge in [0.1, 0.15) is 5.69 Å². The highest BCUT2D eigenvalue weighted by atomic mass is 16.5. The lowest BCUT2D eigenvalue weighted by atomic mass is 9.73. The van der Waals surface area contributed by atoms with Gasteiger partial charge in [-0.2, -0.15) is 4.98 Å². The maximum atomic E-state index is 12.4. The Hall–Kier alpha value is -3.13. The molecule has 5 heterocycles. The third kappa shape index (κ3) is 2.74. The number of anilines is 1. The molecular formula is C22H23N5O3. The van der Waals surface area contributed by atoms with Crippen LogP contribution in [0.15, 0.2) is 53.2 Å². The first-order valence-corrected chi connectivity index (χ1v) is 10.5. The van der Waals surface area contributed by atoms with Crippen molar-refractivity contribution in [3.63, 3.8) is 0 Å². The fourth-order valence-corrected chi connectivity index (χ4v) is 5.43. The van der Waals surface area contributed by atoms with Crippen LogP contribution in [0.2, 0.25) is 0 Å². The fraction of sp³-hybridized carbons (Fsp3) is 0.409. The number of hydrogen-bond acceptors (Lipinski definition) is 6. The van der Waals surface area contributed by atoms with Gasteiger partial charge in [0.25, 0.3) is 5.91 Å². The highest BCUT2D eigenvalue weighted by Crippen LogP contribution is 2.55. The molecule has 2 bridgehead atoms. The van der Waals surface area contributed by atoms with Gasteiger partial charge in [-0.05, 0) is 25.0 Å². The molecule has 1 aromatic carbocycles. The SMILES string of the molecule is O=C(NC[C@H]1[C@H]2CN(c3nc(-c4ccccc4)no3)C[C@]23CC[C@H]1O3)c1ccc[nH]1. The molecular weight excluding hydrogens is 382 g/mol. The van der Waals surface area contributed by atoms with E-state index in [0.29, 0.717) is 35.9 Å². The van der Waals surface area contributed by atoms with Crippen LogP contribution in [-0.4, -0.2) is 52.4 Å². The number of carbonyl (C=O) groups is 1. The van der Waals surface area contributed by atoms with Gasteiger partial charge in [0.15, 0.2) is 0 Å². The molecule has 8 heteroatoms. The van der Waals surface area contributed by atoms with E-state index in [-0.39, 0.29) is 17.6 Å². The molecule has 30 heavy (non-hydrogen) atoms. The summed E-state index contributed by atoms with van der Waals surface area (Å²) in [5.74, 6) is 1.16. The van der Waals surface area contributed by atoms with Gasteiger partial charge in [-0.1, -0.05) is 35.5 Å². The van der Waals surface area contributed by atoms with Crippen molar-refractivity contribution in [1.82, 2.24) is 20.4 Å². The molecule has 3 saturated heterocycles. The summed E-state index contributed by atoms with van der Waals surface area (Å²) >= 11 is 0. The van der Waals surface area contributed by atoms with Crippen LogP contribution in [0, 0.1) is 11.8 Å². The molecule has 0 aliphatic carbocycles. The number of benzene rings is 1. The van der Waals surface area contributed by atoms with Crippen LogP contribution in [0.5, 0.6) is 0 Å². The minimum absolute atomic E-state index is 0.0731. The van der Waals surface area contributed by atoms with E-state index in [1.165, 1.54) is 0 Å². The number of rotatable bonds is 5. The summed E-state index contributed by atoms with van der Waals surface area (Å²) in [5.41, 5.74) is 1.35. The molecule has 3 aromatic rings. The zero-order chi connectivity index (χ0) is 20.1. The van der Waals surface area contributed by atoms with Gasteiger partial charge in [-0.15, -0.1) is 0 Å². The number of carbonyl (C=O) groups excluding carboxylic acids is 1. The molecule has 3 aliphatic rings. The molecule has 2 N–H and O–H groups in total. The average Bonchev–Trinajstić information content (AvgIpc) is 3.58. The molecule has 0 radical (unpaired) electrons. The first-order valence-electron chi connectivity index (χ1n) is 10.5. The molecule has 4 atom stereocenters. The van der Waals surface area contributed by atoms with Crippen LogP contribution in [0.1, 0.15) is 23.3 Å². The molecule has 1 spiro atoms. The molecule has 6 rings (SSSR count). The Morgan fingerprint density at radius 3 is 3.00 bits per heavy atom. The lowest BCUT2D eigenvalue weighted by Gasteiger charge is -2.29. The molecule has 3 fully saturated rings. The van der Waals surface area contributed by atoms with E-state index in [4.69, 9.17) is 9.26 Å². The van der Waals surface area contributed by atoms with Gasteiger partial charge in [0.2, 0.25) is 5.82 Å². The second-order valence-corrected chi connectivity index (χ2v) is 8.47. The van der Waals surface area contributed by atoms with Crippen molar-refractivity contribution in [3.05, 3.63) is 54.4 Å². The van der Waals surface area contributed by atoms with Crippen LogP contribution in [0.4, 0.5) is 6.01 Å². The predicted octanol–water partition coefficient (Wildman–Crippen LogP) is 2.48. The molecule has 1 amide bonds. The summed E-state index contributed by atoms with van der Waals surface area (Å²) in [5, 5.41) is 7.24. The smallest absolute Gasteiger partial charge is 0.324 e. The van der Waals surface area contributed by atoms with E-state index in [9.17, 15) is 4.79 Å². The highest BCUT2D eigenvalue weighted by molar-refractivity contribution is 5.92. The van der Waals surface area contributed by atoms with Gasteiger partial charge < -0.3 is 24.5 Å². The Bertz CT molecular complexity index is 1050. The number of nitrogens with one attached hydrogen (secondary N) is 2. The third-order valence-electron chi connectivity index (χ3n) is 6.84. The number of nitrogens with zero attached hydrogens (tertiary/aromatic N) is 3. The van der Waals surface area contributed by atoms with Crippen molar-refractivity contribution in [2.24, 2.45) is 11.8 Å². The van der Waals surface area contributed by atoms with Gasteiger partial charge in [0, 0.05) is 36.7 Å². The zero-order valence-corrected chi connectivity index (χ0v) is 16.5. The second-order valence-electron chi connectivity index (χ2n) is 8.47. The van der Waals surface area contributed by atoms with Crippen molar-refractivity contribution in [2.75, 3.05) is 24.5 Å². The van der Waals surface area contributed by atoms with Crippen LogP contribution in [-0.2, 0) is 4.74 Å². The summed E-state index contributed by atoms with van der Waals surface area (Å²) < 4.78 is 12.1. The number of aromatic amines is 1.